The van der Waals surface area contributed by atoms with Gasteiger partial charge in [0.25, 0.3) is 0 Å². The summed E-state index contributed by atoms with van der Waals surface area (Å²) >= 11 is 11.1. The minimum absolute atomic E-state index is 0.0492. The van der Waals surface area contributed by atoms with E-state index in [0.717, 1.165) is 102 Å². The molecule has 12 rings (SSSR count). The van der Waals surface area contributed by atoms with Crippen molar-refractivity contribution in [3.63, 3.8) is 0 Å². The Kier molecular flexibility index (Phi) is 34.0. The number of aromatic nitrogens is 3. The molecule has 0 fully saturated rings. The van der Waals surface area contributed by atoms with Crippen LogP contribution in [-0.2, 0) is 62.8 Å². The van der Waals surface area contributed by atoms with Gasteiger partial charge in [0.2, 0.25) is 0 Å². The van der Waals surface area contributed by atoms with E-state index >= 15 is 0 Å². The number of rotatable bonds is 32. The third-order valence-electron chi connectivity index (χ3n) is 17.6. The number of esters is 2. The summed E-state index contributed by atoms with van der Waals surface area (Å²) in [4.78, 5) is 60.8. The third kappa shape index (κ3) is 27.8. The molecular formula is C91H97BClF3N6O8S3. The van der Waals surface area contributed by atoms with Crippen LogP contribution in [0.2, 0.25) is 5.02 Å². The third-order valence-corrected chi connectivity index (χ3v) is 21.3. The Morgan fingerprint density at radius 1 is 0.398 bits per heavy atom. The van der Waals surface area contributed by atoms with Crippen molar-refractivity contribution in [2.45, 2.75) is 114 Å². The first-order chi connectivity index (χ1) is 54.5. The Morgan fingerprint density at radius 3 is 0.938 bits per heavy atom. The number of carboxylic acid groups (broad SMARTS) is 1. The molecule has 0 unspecified atom stereocenters. The Balaban J connectivity index is 0.000000183. The summed E-state index contributed by atoms with van der Waals surface area (Å²) in [6.45, 7) is 21.1. The second kappa shape index (κ2) is 44.3. The molecule has 3 aromatic heterocycles. The fourth-order valence-electron chi connectivity index (χ4n) is 12.1. The molecule has 0 radical (unpaired) electrons. The van der Waals surface area contributed by atoms with Crippen molar-refractivity contribution in [1.82, 2.24) is 15.0 Å². The van der Waals surface area contributed by atoms with Crippen molar-refractivity contribution in [3.8, 4) is 56.0 Å². The van der Waals surface area contributed by atoms with E-state index in [9.17, 15) is 32.7 Å². The number of thiazole rings is 3. The number of hydrogen-bond acceptors (Lipinski definition) is 16. The Labute approximate surface area is 679 Å². The summed E-state index contributed by atoms with van der Waals surface area (Å²) in [6.07, 6.45) is 3.45. The predicted molar refractivity (Wildman–Crippen MR) is 458 cm³/mol. The molecule has 0 spiro atoms. The van der Waals surface area contributed by atoms with E-state index < -0.39 is 13.1 Å². The molecule has 0 aliphatic rings. The summed E-state index contributed by atoms with van der Waals surface area (Å²) < 4.78 is 49.2. The number of aliphatic carboxylic acids is 1. The number of hydrogen-bond donors (Lipinski definition) is 3. The maximum Gasteiger partial charge on any atom is 0.488 e. The fraction of sp³-hybridized carbons (Fsp3) is 0.275. The molecule has 14 nitrogen and oxygen atoms in total. The number of carboxylic acids is 1. The lowest BCUT2D eigenvalue weighted by Crippen LogP contribution is -2.29. The van der Waals surface area contributed by atoms with E-state index in [-0.39, 0.29) is 35.8 Å². The first kappa shape index (κ1) is 86.7. The Morgan fingerprint density at radius 2 is 0.664 bits per heavy atom. The molecule has 3 N–H and O–H groups in total. The molecule has 588 valence electrons. The first-order valence-corrected chi connectivity index (χ1v) is 40.8. The highest BCUT2D eigenvalue weighted by molar-refractivity contribution is 7.16. The van der Waals surface area contributed by atoms with Crippen LogP contribution in [0.3, 0.4) is 0 Å². The molecule has 0 bridgehead atoms. The second-order valence-corrected chi connectivity index (χ2v) is 31.8. The summed E-state index contributed by atoms with van der Waals surface area (Å²) in [7, 11) is -1.51. The van der Waals surface area contributed by atoms with E-state index in [4.69, 9.17) is 46.1 Å². The smallest absolute Gasteiger partial charge is 0.481 e. The van der Waals surface area contributed by atoms with Gasteiger partial charge in [0.15, 0.2) is 15.4 Å². The number of carbonyl (C=O) groups excluding carboxylic acids is 2. The summed E-state index contributed by atoms with van der Waals surface area (Å²) in [5, 5.41) is 29.8. The van der Waals surface area contributed by atoms with Crippen LogP contribution in [0, 0.1) is 35.2 Å². The number of benzene rings is 9. The normalized spacial score (nSPS) is 10.9. The van der Waals surface area contributed by atoms with Crippen molar-refractivity contribution < 1.29 is 52.2 Å². The fourth-order valence-corrected chi connectivity index (χ4v) is 16.2. The first-order valence-electron chi connectivity index (χ1n) is 38.0. The van der Waals surface area contributed by atoms with Gasteiger partial charge in [-0.25, -0.2) is 28.1 Å². The second-order valence-electron chi connectivity index (χ2n) is 28.2. The number of carbonyl (C=O) groups is 3. The molecule has 0 atom stereocenters. The minimum atomic E-state index is -1.51. The zero-order valence-corrected chi connectivity index (χ0v) is 68.2. The number of anilines is 3. The van der Waals surface area contributed by atoms with Crippen molar-refractivity contribution in [3.05, 3.63) is 290 Å². The molecule has 0 saturated carbocycles. The topological polar surface area (TPSA) is 179 Å². The highest BCUT2D eigenvalue weighted by atomic mass is 35.5. The van der Waals surface area contributed by atoms with Gasteiger partial charge >= 0.3 is 25.0 Å². The van der Waals surface area contributed by atoms with Crippen LogP contribution < -0.4 is 20.2 Å². The van der Waals surface area contributed by atoms with E-state index in [0.29, 0.717) is 93.6 Å². The summed E-state index contributed by atoms with van der Waals surface area (Å²) in [5.74, 6) is -0.619. The molecule has 9 aromatic carbocycles. The van der Waals surface area contributed by atoms with E-state index in [2.05, 4.69) is 117 Å². The van der Waals surface area contributed by atoms with E-state index in [1.165, 1.54) is 68.7 Å². The van der Waals surface area contributed by atoms with Crippen LogP contribution in [0.5, 0.6) is 0 Å². The summed E-state index contributed by atoms with van der Waals surface area (Å²) in [6, 6.07) is 72.9. The average Bonchev–Trinajstić information content (AvgIpc) is 1.70. The van der Waals surface area contributed by atoms with Crippen LogP contribution in [0.1, 0.15) is 106 Å². The Hall–Kier alpha value is -10.3. The van der Waals surface area contributed by atoms with Gasteiger partial charge in [-0.3, -0.25) is 14.4 Å². The SMILES string of the molecule is CC(C)Cc1sc(N(CCC(=O)O)Cc2ccccc2)nc1-c1ccc(-c2ccc(F)cc2)cc1.CCOC(=O)CCN(Cc1ccccc1)c1nc(-c2ccc(-c3ccc(F)cc3)cc2)c(CC(C)C)s1.CCOC(=O)CCN(Cc1ccccc1)c1nc(-c2ccc(Cl)cc2)c(CC(C)C)s1.OB(O)c1ccc(F)cc1. The highest BCUT2D eigenvalue weighted by Gasteiger charge is 2.25. The molecular weight excluding hydrogens is 1500 g/mol. The molecule has 0 saturated heterocycles. The van der Waals surface area contributed by atoms with Crippen LogP contribution in [-0.4, -0.2) is 88.0 Å². The van der Waals surface area contributed by atoms with Crippen molar-refractivity contribution in [2.24, 2.45) is 17.8 Å². The van der Waals surface area contributed by atoms with Crippen LogP contribution in [0.25, 0.3) is 56.0 Å². The molecule has 12 aromatic rings. The van der Waals surface area contributed by atoms with Gasteiger partial charge in [-0.2, -0.15) is 0 Å². The van der Waals surface area contributed by atoms with Crippen molar-refractivity contribution in [2.75, 3.05) is 47.5 Å². The number of nitrogens with zero attached hydrogens (tertiary/aromatic N) is 6. The van der Waals surface area contributed by atoms with Gasteiger partial charge in [-0.05, 0) is 144 Å². The van der Waals surface area contributed by atoms with Gasteiger partial charge in [-0.1, -0.05) is 241 Å². The van der Waals surface area contributed by atoms with Crippen molar-refractivity contribution >= 4 is 91.5 Å². The molecule has 0 amide bonds. The highest BCUT2D eigenvalue weighted by Crippen LogP contribution is 2.40. The van der Waals surface area contributed by atoms with Gasteiger partial charge in [0.05, 0.1) is 49.6 Å². The average molecular weight is 1600 g/mol. The van der Waals surface area contributed by atoms with Gasteiger partial charge in [0.1, 0.15) is 17.5 Å². The van der Waals surface area contributed by atoms with E-state index in [1.807, 2.05) is 117 Å². The largest absolute Gasteiger partial charge is 0.488 e. The zero-order valence-electron chi connectivity index (χ0n) is 65.0. The molecule has 0 aliphatic heterocycles. The van der Waals surface area contributed by atoms with Crippen LogP contribution in [0.4, 0.5) is 28.6 Å². The lowest BCUT2D eigenvalue weighted by Gasteiger charge is -2.21. The zero-order chi connectivity index (χ0) is 80.8. The lowest BCUT2D eigenvalue weighted by atomic mass is 9.80. The van der Waals surface area contributed by atoms with Gasteiger partial charge in [-0.15, -0.1) is 34.0 Å². The quantitative estimate of drug-likeness (QED) is 0.0268. The van der Waals surface area contributed by atoms with Crippen LogP contribution in [0.15, 0.2) is 237 Å². The maximum absolute atomic E-state index is 13.3. The van der Waals surface area contributed by atoms with Gasteiger partial charge in [0, 0.05) is 75.6 Å². The molecule has 113 heavy (non-hydrogen) atoms. The Bertz CT molecular complexity index is 4870. The standard InChI is InChI=1S/C31H33FN2O2S.C29H29FN2O2S.C25H29ClN2O2S.C6H6BFO2/c1-4-36-29(35)18-19-34(21-23-8-6-5-7-9-23)31-33-30(28(37-31)20-22(2)3)26-12-10-24(11-13-26)25-14-16-27(32)17-15-25;1-20(2)18-26-28(24-10-8-22(9-11-24)23-12-14-25(30)15-13-23)31-29(35-26)32(17-16-27(33)34)19-21-6-4-3-5-7-21;1-4-30-23(29)14-15-28(17-19-8-6-5-7-9-19)25-27-24(22(31-25)16-18(2)3)20-10-12-21(26)13-11-20;8-6-3-1-5(2-4-6)7(9)10/h5-17,22H,4,18-21H2,1-3H3;3-15,20H,16-19H2,1-2H3,(H,33,34);5-13,18H,4,14-17H2,1-3H3;1-4,9-10H. The van der Waals surface area contributed by atoms with Crippen LogP contribution >= 0.6 is 45.6 Å². The number of ether oxygens (including phenoxy) is 2. The number of halogens is 4. The molecule has 22 heteroatoms. The molecule has 0 aliphatic carbocycles. The lowest BCUT2D eigenvalue weighted by molar-refractivity contribution is -0.143. The monoisotopic (exact) mass is 1600 g/mol. The maximum atomic E-state index is 13.3. The van der Waals surface area contributed by atoms with Gasteiger partial charge < -0.3 is 39.3 Å². The predicted octanol–water partition coefficient (Wildman–Crippen LogP) is 21.2. The van der Waals surface area contributed by atoms with E-state index in [1.54, 1.807) is 58.3 Å². The minimum Gasteiger partial charge on any atom is -0.481 e. The molecule has 3 heterocycles. The van der Waals surface area contributed by atoms with Crippen molar-refractivity contribution in [1.29, 1.82) is 0 Å². The summed E-state index contributed by atoms with van der Waals surface area (Å²) in [5.41, 5.74) is 13.8.